The van der Waals surface area contributed by atoms with Gasteiger partial charge in [-0.3, -0.25) is 0 Å². The number of hydrogen-bond donors (Lipinski definition) is 1. The third kappa shape index (κ3) is 1.71. The topological polar surface area (TPSA) is 20.2 Å². The van der Waals surface area contributed by atoms with Crippen LogP contribution in [0.5, 0.6) is 0 Å². The van der Waals surface area contributed by atoms with Crippen molar-refractivity contribution in [3.05, 3.63) is 12.2 Å². The van der Waals surface area contributed by atoms with E-state index in [0.717, 1.165) is 18.3 Å². The molecule has 0 bridgehead atoms. The zero-order chi connectivity index (χ0) is 8.39. The van der Waals surface area contributed by atoms with Crippen molar-refractivity contribution < 1.29 is 5.11 Å². The predicted molar refractivity (Wildman–Crippen MR) is 49.8 cm³/mol. The highest BCUT2D eigenvalue weighted by atomic mass is 16.3. The molecule has 12 heavy (non-hydrogen) atoms. The second-order valence-corrected chi connectivity index (χ2v) is 4.24. The van der Waals surface area contributed by atoms with Crippen molar-refractivity contribution in [2.45, 2.75) is 44.6 Å². The molecule has 0 spiro atoms. The standard InChI is InChI=1S/C11H18O/c12-11-7-5-10(6-8-11)9-3-1-2-4-9/h5,7,9-12H,1-4,6,8H2/t10-,11-/m1/s1. The molecule has 2 atom stereocenters. The van der Waals surface area contributed by atoms with Gasteiger partial charge < -0.3 is 5.11 Å². The Morgan fingerprint density at radius 3 is 2.25 bits per heavy atom. The molecule has 0 saturated heterocycles. The van der Waals surface area contributed by atoms with Crippen LogP contribution in [0.2, 0.25) is 0 Å². The van der Waals surface area contributed by atoms with Crippen LogP contribution in [0.25, 0.3) is 0 Å². The minimum atomic E-state index is -0.150. The van der Waals surface area contributed by atoms with Gasteiger partial charge in [-0.2, -0.15) is 0 Å². The van der Waals surface area contributed by atoms with Crippen molar-refractivity contribution in [2.24, 2.45) is 11.8 Å². The molecule has 1 saturated carbocycles. The molecule has 0 heterocycles. The van der Waals surface area contributed by atoms with E-state index in [0.29, 0.717) is 0 Å². The number of hydrogen-bond acceptors (Lipinski definition) is 1. The molecular formula is C11H18O. The molecule has 2 aliphatic rings. The summed E-state index contributed by atoms with van der Waals surface area (Å²) in [6, 6.07) is 0. The Balaban J connectivity index is 1.91. The van der Waals surface area contributed by atoms with Crippen LogP contribution in [-0.2, 0) is 0 Å². The zero-order valence-corrected chi connectivity index (χ0v) is 7.58. The van der Waals surface area contributed by atoms with Crippen LogP contribution < -0.4 is 0 Å². The zero-order valence-electron chi connectivity index (χ0n) is 7.58. The van der Waals surface area contributed by atoms with Crippen LogP contribution in [0.3, 0.4) is 0 Å². The van der Waals surface area contributed by atoms with E-state index in [-0.39, 0.29) is 6.10 Å². The normalized spacial score (nSPS) is 37.4. The molecule has 0 unspecified atom stereocenters. The first-order valence-corrected chi connectivity index (χ1v) is 5.22. The smallest absolute Gasteiger partial charge is 0.0721 e. The molecular weight excluding hydrogens is 148 g/mol. The van der Waals surface area contributed by atoms with Gasteiger partial charge >= 0.3 is 0 Å². The van der Waals surface area contributed by atoms with E-state index < -0.39 is 0 Å². The molecule has 1 fully saturated rings. The summed E-state index contributed by atoms with van der Waals surface area (Å²) in [6.45, 7) is 0. The number of rotatable bonds is 1. The van der Waals surface area contributed by atoms with Crippen molar-refractivity contribution in [3.8, 4) is 0 Å². The maximum Gasteiger partial charge on any atom is 0.0721 e. The highest BCUT2D eigenvalue weighted by molar-refractivity contribution is 5.00. The molecule has 0 aromatic heterocycles. The van der Waals surface area contributed by atoms with E-state index in [1.807, 2.05) is 6.08 Å². The maximum atomic E-state index is 9.28. The third-order valence-corrected chi connectivity index (χ3v) is 3.38. The van der Waals surface area contributed by atoms with Crippen LogP contribution in [0.4, 0.5) is 0 Å². The van der Waals surface area contributed by atoms with Gasteiger partial charge in [0.2, 0.25) is 0 Å². The fourth-order valence-electron chi connectivity index (χ4n) is 2.61. The fourth-order valence-corrected chi connectivity index (χ4v) is 2.61. The summed E-state index contributed by atoms with van der Waals surface area (Å²) in [5.74, 6) is 1.73. The molecule has 1 heteroatoms. The molecule has 0 radical (unpaired) electrons. The van der Waals surface area contributed by atoms with E-state index in [2.05, 4.69) is 6.08 Å². The van der Waals surface area contributed by atoms with Crippen molar-refractivity contribution in [3.63, 3.8) is 0 Å². The second-order valence-electron chi connectivity index (χ2n) is 4.24. The fraction of sp³-hybridized carbons (Fsp3) is 0.818. The Morgan fingerprint density at radius 1 is 0.917 bits per heavy atom. The summed E-state index contributed by atoms with van der Waals surface area (Å²) in [5, 5.41) is 9.28. The van der Waals surface area contributed by atoms with E-state index in [1.54, 1.807) is 0 Å². The average molecular weight is 166 g/mol. The van der Waals surface area contributed by atoms with Crippen molar-refractivity contribution in [1.82, 2.24) is 0 Å². The first-order valence-electron chi connectivity index (χ1n) is 5.22. The Bertz CT molecular complexity index is 168. The van der Waals surface area contributed by atoms with Gasteiger partial charge in [0.15, 0.2) is 0 Å². The predicted octanol–water partition coefficient (Wildman–Crippen LogP) is 2.50. The van der Waals surface area contributed by atoms with Gasteiger partial charge in [0.05, 0.1) is 6.10 Å². The average Bonchev–Trinajstić information content (AvgIpc) is 2.58. The molecule has 0 amide bonds. The van der Waals surface area contributed by atoms with E-state index in [9.17, 15) is 5.11 Å². The van der Waals surface area contributed by atoms with Crippen LogP contribution >= 0.6 is 0 Å². The second kappa shape index (κ2) is 3.61. The van der Waals surface area contributed by atoms with Crippen LogP contribution in [0.15, 0.2) is 12.2 Å². The van der Waals surface area contributed by atoms with Gasteiger partial charge in [0.25, 0.3) is 0 Å². The molecule has 0 aliphatic heterocycles. The lowest BCUT2D eigenvalue weighted by Gasteiger charge is -2.24. The van der Waals surface area contributed by atoms with Gasteiger partial charge in [-0.1, -0.05) is 25.0 Å². The summed E-state index contributed by atoms with van der Waals surface area (Å²) in [4.78, 5) is 0. The minimum Gasteiger partial charge on any atom is -0.389 e. The minimum absolute atomic E-state index is 0.150. The van der Waals surface area contributed by atoms with E-state index >= 15 is 0 Å². The Kier molecular flexibility index (Phi) is 2.50. The Morgan fingerprint density at radius 2 is 1.67 bits per heavy atom. The highest BCUT2D eigenvalue weighted by Crippen LogP contribution is 2.36. The Labute approximate surface area is 74.5 Å². The van der Waals surface area contributed by atoms with E-state index in [4.69, 9.17) is 0 Å². The number of aliphatic hydroxyl groups excluding tert-OH is 1. The first-order chi connectivity index (χ1) is 5.86. The lowest BCUT2D eigenvalue weighted by atomic mass is 9.83. The number of aliphatic hydroxyl groups is 1. The van der Waals surface area contributed by atoms with Gasteiger partial charge in [-0.25, -0.2) is 0 Å². The molecule has 0 aromatic rings. The van der Waals surface area contributed by atoms with Crippen molar-refractivity contribution in [1.29, 1.82) is 0 Å². The van der Waals surface area contributed by atoms with Crippen LogP contribution in [0.1, 0.15) is 38.5 Å². The maximum absolute atomic E-state index is 9.28. The summed E-state index contributed by atoms with van der Waals surface area (Å²) < 4.78 is 0. The molecule has 1 N–H and O–H groups in total. The van der Waals surface area contributed by atoms with Gasteiger partial charge in [0.1, 0.15) is 0 Å². The summed E-state index contributed by atoms with van der Waals surface area (Å²) in [6.07, 6.45) is 12.0. The lowest BCUT2D eigenvalue weighted by Crippen LogP contribution is -2.17. The Hall–Kier alpha value is -0.300. The highest BCUT2D eigenvalue weighted by Gasteiger charge is 2.25. The van der Waals surface area contributed by atoms with E-state index in [1.165, 1.54) is 32.1 Å². The van der Waals surface area contributed by atoms with Crippen molar-refractivity contribution in [2.75, 3.05) is 0 Å². The molecule has 2 aliphatic carbocycles. The monoisotopic (exact) mass is 166 g/mol. The summed E-state index contributed by atoms with van der Waals surface area (Å²) in [7, 11) is 0. The molecule has 2 rings (SSSR count). The van der Waals surface area contributed by atoms with Gasteiger partial charge in [-0.15, -0.1) is 0 Å². The number of allylic oxidation sites excluding steroid dienone is 1. The SMILES string of the molecule is O[C@@H]1C=C[C@@H](C2CCCC2)CC1. The van der Waals surface area contributed by atoms with Gasteiger partial charge in [-0.05, 0) is 37.5 Å². The summed E-state index contributed by atoms with van der Waals surface area (Å²) >= 11 is 0. The summed E-state index contributed by atoms with van der Waals surface area (Å²) in [5.41, 5.74) is 0. The van der Waals surface area contributed by atoms with Gasteiger partial charge in [0, 0.05) is 0 Å². The first kappa shape index (κ1) is 8.31. The van der Waals surface area contributed by atoms with Crippen LogP contribution in [0, 0.1) is 11.8 Å². The van der Waals surface area contributed by atoms with Crippen LogP contribution in [-0.4, -0.2) is 11.2 Å². The third-order valence-electron chi connectivity index (χ3n) is 3.38. The molecule has 68 valence electrons. The lowest BCUT2D eigenvalue weighted by molar-refractivity contribution is 0.184. The largest absolute Gasteiger partial charge is 0.389 e. The quantitative estimate of drug-likeness (QED) is 0.593. The molecule has 0 aromatic carbocycles. The van der Waals surface area contributed by atoms with Crippen molar-refractivity contribution >= 4 is 0 Å². The molecule has 1 nitrogen and oxygen atoms in total.